The van der Waals surface area contributed by atoms with E-state index in [2.05, 4.69) is 5.32 Å². The summed E-state index contributed by atoms with van der Waals surface area (Å²) in [5, 5.41) is 13.6. The molecule has 0 aromatic heterocycles. The van der Waals surface area contributed by atoms with Crippen molar-refractivity contribution in [3.05, 3.63) is 33.9 Å². The van der Waals surface area contributed by atoms with E-state index >= 15 is 0 Å². The lowest BCUT2D eigenvalue weighted by molar-refractivity contribution is -0.384. The van der Waals surface area contributed by atoms with Gasteiger partial charge in [0.15, 0.2) is 0 Å². The predicted molar refractivity (Wildman–Crippen MR) is 67.8 cm³/mol. The van der Waals surface area contributed by atoms with Gasteiger partial charge in [0, 0.05) is 38.0 Å². The number of hydrogen-bond donors (Lipinski definition) is 1. The van der Waals surface area contributed by atoms with Crippen LogP contribution in [0.15, 0.2) is 18.2 Å². The number of carbonyl (C=O) groups excluding carboxylic acids is 1. The number of nitrogens with one attached hydrogen (secondary N) is 1. The molecule has 6 nitrogen and oxygen atoms in total. The molecule has 0 heterocycles. The van der Waals surface area contributed by atoms with Gasteiger partial charge >= 0.3 is 0 Å². The van der Waals surface area contributed by atoms with Crippen molar-refractivity contribution in [1.29, 1.82) is 0 Å². The zero-order chi connectivity index (χ0) is 13.3. The van der Waals surface area contributed by atoms with Crippen molar-refractivity contribution in [2.45, 2.75) is 18.9 Å². The van der Waals surface area contributed by atoms with E-state index in [1.807, 2.05) is 0 Å². The van der Waals surface area contributed by atoms with Gasteiger partial charge < -0.3 is 10.2 Å². The molecule has 1 aromatic carbocycles. The molecule has 1 aromatic rings. The Morgan fingerprint density at radius 3 is 2.67 bits per heavy atom. The molecule has 0 spiro atoms. The van der Waals surface area contributed by atoms with Gasteiger partial charge in [-0.1, -0.05) is 0 Å². The molecule has 0 bridgehead atoms. The van der Waals surface area contributed by atoms with Crippen LogP contribution in [0.3, 0.4) is 0 Å². The molecule has 0 unspecified atom stereocenters. The van der Waals surface area contributed by atoms with E-state index in [1.54, 1.807) is 25.1 Å². The first kappa shape index (κ1) is 12.3. The summed E-state index contributed by atoms with van der Waals surface area (Å²) in [7, 11) is 3.42. The lowest BCUT2D eigenvalue weighted by Gasteiger charge is -2.18. The molecule has 0 aliphatic heterocycles. The number of amides is 1. The van der Waals surface area contributed by atoms with Gasteiger partial charge in [-0.05, 0) is 18.9 Å². The number of benzene rings is 1. The summed E-state index contributed by atoms with van der Waals surface area (Å²) in [5.74, 6) is -0.175. The molecule has 0 radical (unpaired) electrons. The van der Waals surface area contributed by atoms with Gasteiger partial charge in [0.25, 0.3) is 11.6 Å². The standard InChI is InChI=1S/C12H15N3O3/c1-13-11-6-5-9(15(17)18)7-10(11)12(16)14(2)8-3-4-8/h5-8,13H,3-4H2,1-2H3. The van der Waals surface area contributed by atoms with Crippen molar-refractivity contribution in [3.63, 3.8) is 0 Å². The highest BCUT2D eigenvalue weighted by Gasteiger charge is 2.31. The molecule has 1 aliphatic rings. The molecular weight excluding hydrogens is 234 g/mol. The van der Waals surface area contributed by atoms with Gasteiger partial charge in [-0.3, -0.25) is 14.9 Å². The van der Waals surface area contributed by atoms with Crippen molar-refractivity contribution in [1.82, 2.24) is 4.90 Å². The molecule has 1 N–H and O–H groups in total. The lowest BCUT2D eigenvalue weighted by atomic mass is 10.1. The molecule has 2 rings (SSSR count). The number of hydrogen-bond acceptors (Lipinski definition) is 4. The zero-order valence-corrected chi connectivity index (χ0v) is 10.3. The van der Waals surface area contributed by atoms with E-state index in [-0.39, 0.29) is 17.6 Å². The van der Waals surface area contributed by atoms with Crippen LogP contribution in [0.25, 0.3) is 0 Å². The molecule has 18 heavy (non-hydrogen) atoms. The second-order valence-corrected chi connectivity index (χ2v) is 4.38. The highest BCUT2D eigenvalue weighted by molar-refractivity contribution is 6.00. The van der Waals surface area contributed by atoms with Crippen LogP contribution in [0.4, 0.5) is 11.4 Å². The summed E-state index contributed by atoms with van der Waals surface area (Å²) in [6, 6.07) is 4.56. The first-order valence-electron chi connectivity index (χ1n) is 5.78. The predicted octanol–water partition coefficient (Wildman–Crippen LogP) is 1.87. The van der Waals surface area contributed by atoms with E-state index in [1.165, 1.54) is 12.1 Å². The van der Waals surface area contributed by atoms with Gasteiger partial charge in [0.05, 0.1) is 10.5 Å². The van der Waals surface area contributed by atoms with E-state index in [9.17, 15) is 14.9 Å². The highest BCUT2D eigenvalue weighted by Crippen LogP contribution is 2.29. The van der Waals surface area contributed by atoms with Crippen LogP contribution >= 0.6 is 0 Å². The first-order valence-corrected chi connectivity index (χ1v) is 5.78. The second-order valence-electron chi connectivity index (χ2n) is 4.38. The summed E-state index contributed by atoms with van der Waals surface area (Å²) in [5.41, 5.74) is 0.890. The fraction of sp³-hybridized carbons (Fsp3) is 0.417. The van der Waals surface area contributed by atoms with Gasteiger partial charge in [-0.2, -0.15) is 0 Å². The fourth-order valence-corrected chi connectivity index (χ4v) is 1.86. The van der Waals surface area contributed by atoms with Crippen molar-refractivity contribution >= 4 is 17.3 Å². The Hall–Kier alpha value is -2.11. The number of nitro groups is 1. The van der Waals surface area contributed by atoms with Crippen LogP contribution in [-0.4, -0.2) is 35.9 Å². The third kappa shape index (κ3) is 2.27. The molecule has 1 fully saturated rings. The third-order valence-electron chi connectivity index (χ3n) is 3.13. The molecular formula is C12H15N3O3. The molecule has 1 amide bonds. The maximum absolute atomic E-state index is 12.2. The van der Waals surface area contributed by atoms with Crippen LogP contribution in [-0.2, 0) is 0 Å². The number of anilines is 1. The Kier molecular flexibility index (Phi) is 3.18. The van der Waals surface area contributed by atoms with E-state index in [4.69, 9.17) is 0 Å². The molecule has 1 aliphatic carbocycles. The van der Waals surface area contributed by atoms with Crippen LogP contribution in [0.1, 0.15) is 23.2 Å². The molecule has 96 valence electrons. The summed E-state index contributed by atoms with van der Waals surface area (Å²) < 4.78 is 0. The fourth-order valence-electron chi connectivity index (χ4n) is 1.86. The summed E-state index contributed by atoms with van der Waals surface area (Å²) in [6.07, 6.45) is 2.01. The second kappa shape index (κ2) is 4.64. The van der Waals surface area contributed by atoms with E-state index in [0.29, 0.717) is 11.3 Å². The number of nitrogens with zero attached hydrogens (tertiary/aromatic N) is 2. The monoisotopic (exact) mass is 249 g/mol. The number of nitro benzene ring substituents is 1. The first-order chi connectivity index (χ1) is 8.54. The van der Waals surface area contributed by atoms with Crippen molar-refractivity contribution in [3.8, 4) is 0 Å². The van der Waals surface area contributed by atoms with Crippen molar-refractivity contribution < 1.29 is 9.72 Å². The van der Waals surface area contributed by atoms with E-state index in [0.717, 1.165) is 12.8 Å². The Morgan fingerprint density at radius 2 is 2.17 bits per heavy atom. The Bertz CT molecular complexity index is 497. The Morgan fingerprint density at radius 1 is 1.50 bits per heavy atom. The zero-order valence-electron chi connectivity index (χ0n) is 10.3. The van der Waals surface area contributed by atoms with Gasteiger partial charge in [0.2, 0.25) is 0 Å². The van der Waals surface area contributed by atoms with Crippen LogP contribution in [0, 0.1) is 10.1 Å². The average molecular weight is 249 g/mol. The van der Waals surface area contributed by atoms with Crippen LogP contribution in [0.2, 0.25) is 0 Å². The molecule has 1 saturated carbocycles. The number of carbonyl (C=O) groups is 1. The van der Waals surface area contributed by atoms with Crippen molar-refractivity contribution in [2.24, 2.45) is 0 Å². The van der Waals surface area contributed by atoms with Gasteiger partial charge in [0.1, 0.15) is 0 Å². The van der Waals surface area contributed by atoms with Crippen LogP contribution < -0.4 is 5.32 Å². The normalized spacial score (nSPS) is 14.1. The minimum Gasteiger partial charge on any atom is -0.387 e. The summed E-state index contributed by atoms with van der Waals surface area (Å²) in [4.78, 5) is 24.2. The molecule has 6 heteroatoms. The smallest absolute Gasteiger partial charge is 0.270 e. The SMILES string of the molecule is CNc1ccc([N+](=O)[O-])cc1C(=O)N(C)C1CC1. The average Bonchev–Trinajstić information content (AvgIpc) is 3.20. The maximum atomic E-state index is 12.2. The summed E-state index contributed by atoms with van der Waals surface area (Å²) >= 11 is 0. The van der Waals surface area contributed by atoms with Crippen molar-refractivity contribution in [2.75, 3.05) is 19.4 Å². The quantitative estimate of drug-likeness (QED) is 0.653. The minimum atomic E-state index is -0.493. The topological polar surface area (TPSA) is 75.5 Å². The molecule has 0 saturated heterocycles. The Labute approximate surface area is 105 Å². The minimum absolute atomic E-state index is 0.0680. The van der Waals surface area contributed by atoms with E-state index < -0.39 is 4.92 Å². The van der Waals surface area contributed by atoms with Gasteiger partial charge in [-0.25, -0.2) is 0 Å². The molecule has 0 atom stereocenters. The van der Waals surface area contributed by atoms with Crippen LogP contribution in [0.5, 0.6) is 0 Å². The summed E-state index contributed by atoms with van der Waals surface area (Å²) in [6.45, 7) is 0. The Balaban J connectivity index is 2.36. The third-order valence-corrected chi connectivity index (χ3v) is 3.13. The number of rotatable bonds is 4. The lowest BCUT2D eigenvalue weighted by Crippen LogP contribution is -2.29. The largest absolute Gasteiger partial charge is 0.387 e. The van der Waals surface area contributed by atoms with Gasteiger partial charge in [-0.15, -0.1) is 0 Å². The highest BCUT2D eigenvalue weighted by atomic mass is 16.6. The maximum Gasteiger partial charge on any atom is 0.270 e. The number of non-ortho nitro benzene ring substituents is 1.